The lowest BCUT2D eigenvalue weighted by Crippen LogP contribution is -2.39. The van der Waals surface area contributed by atoms with Crippen LogP contribution in [-0.2, 0) is 10.5 Å². The molecule has 4 aromatic carbocycles. The zero-order valence-electron chi connectivity index (χ0n) is 19.1. The van der Waals surface area contributed by atoms with E-state index < -0.39 is 17.5 Å². The molecule has 35 heavy (non-hydrogen) atoms. The van der Waals surface area contributed by atoms with Crippen LogP contribution < -0.4 is 9.64 Å². The number of fused-ring (bicyclic) bond motifs is 1. The molecule has 2 atom stereocenters. The van der Waals surface area contributed by atoms with Gasteiger partial charge in [-0.05, 0) is 53.6 Å². The summed E-state index contributed by atoms with van der Waals surface area (Å²) < 4.78 is 22.7. The van der Waals surface area contributed by atoms with Crippen LogP contribution >= 0.6 is 11.6 Å². The van der Waals surface area contributed by atoms with Gasteiger partial charge in [0.1, 0.15) is 5.75 Å². The largest absolute Gasteiger partial charge is 0.497 e. The van der Waals surface area contributed by atoms with Gasteiger partial charge in [-0.25, -0.2) is 4.39 Å². The van der Waals surface area contributed by atoms with Crippen molar-refractivity contribution in [3.63, 3.8) is 0 Å². The van der Waals surface area contributed by atoms with Crippen LogP contribution in [0.4, 0.5) is 15.8 Å². The predicted molar refractivity (Wildman–Crippen MR) is 139 cm³/mol. The fraction of sp³-hybridized carbons (Fsp3) is 0.100. The predicted octanol–water partition coefficient (Wildman–Crippen LogP) is 7.69. The minimum Gasteiger partial charge on any atom is -0.497 e. The summed E-state index contributed by atoms with van der Waals surface area (Å²) in [7, 11) is 1.57. The van der Waals surface area contributed by atoms with Gasteiger partial charge < -0.3 is 4.74 Å². The average molecular weight is 484 g/mol. The van der Waals surface area contributed by atoms with Crippen molar-refractivity contribution in [3.8, 4) is 5.75 Å². The fourth-order valence-electron chi connectivity index (χ4n) is 4.58. The van der Waals surface area contributed by atoms with Crippen LogP contribution in [0.3, 0.4) is 0 Å². The molecule has 5 rings (SSSR count). The SMILES string of the molecule is COc1ccc(N2C(=O)C(F)(C(/C=C/c3ccccc3)c3ccccc3)c3cc(Cl)ccc32)cc1. The molecule has 0 spiro atoms. The van der Waals surface area contributed by atoms with Crippen molar-refractivity contribution in [2.24, 2.45) is 0 Å². The minimum absolute atomic E-state index is 0.248. The molecule has 0 radical (unpaired) electrons. The molecule has 4 aromatic rings. The van der Waals surface area contributed by atoms with Gasteiger partial charge in [0, 0.05) is 16.3 Å². The Balaban J connectivity index is 1.68. The highest BCUT2D eigenvalue weighted by atomic mass is 35.5. The van der Waals surface area contributed by atoms with Gasteiger partial charge in [0.25, 0.3) is 5.91 Å². The topological polar surface area (TPSA) is 29.5 Å². The Morgan fingerprint density at radius 3 is 2.23 bits per heavy atom. The number of carbonyl (C=O) groups excluding carboxylic acids is 1. The van der Waals surface area contributed by atoms with E-state index in [4.69, 9.17) is 16.3 Å². The molecule has 5 heteroatoms. The van der Waals surface area contributed by atoms with Crippen LogP contribution in [0.25, 0.3) is 6.08 Å². The van der Waals surface area contributed by atoms with Gasteiger partial charge >= 0.3 is 0 Å². The Kier molecular flexibility index (Phi) is 6.14. The molecule has 1 aliphatic heterocycles. The molecule has 0 aliphatic carbocycles. The highest BCUT2D eigenvalue weighted by Crippen LogP contribution is 2.54. The van der Waals surface area contributed by atoms with Crippen molar-refractivity contribution in [1.29, 1.82) is 0 Å². The number of hydrogen-bond acceptors (Lipinski definition) is 2. The Bertz CT molecular complexity index is 1370. The zero-order valence-corrected chi connectivity index (χ0v) is 19.8. The summed E-state index contributed by atoms with van der Waals surface area (Å²) in [6.07, 6.45) is 3.62. The van der Waals surface area contributed by atoms with Crippen LogP contribution in [0.15, 0.2) is 109 Å². The number of benzene rings is 4. The van der Waals surface area contributed by atoms with E-state index in [2.05, 4.69) is 0 Å². The summed E-state index contributed by atoms with van der Waals surface area (Å²) in [6, 6.07) is 30.8. The quantitative estimate of drug-likeness (QED) is 0.281. The minimum atomic E-state index is -2.37. The maximum absolute atomic E-state index is 17.5. The number of alkyl halides is 1. The second-order valence-electron chi connectivity index (χ2n) is 8.37. The first-order valence-electron chi connectivity index (χ1n) is 11.3. The highest BCUT2D eigenvalue weighted by Gasteiger charge is 2.57. The maximum atomic E-state index is 17.5. The molecule has 3 nitrogen and oxygen atoms in total. The molecule has 0 bridgehead atoms. The Morgan fingerprint density at radius 2 is 1.57 bits per heavy atom. The molecule has 174 valence electrons. The number of halogens is 2. The molecule has 2 unspecified atom stereocenters. The lowest BCUT2D eigenvalue weighted by molar-refractivity contribution is -0.129. The van der Waals surface area contributed by atoms with Gasteiger partial charge in [-0.15, -0.1) is 0 Å². The highest BCUT2D eigenvalue weighted by molar-refractivity contribution is 6.31. The van der Waals surface area contributed by atoms with Gasteiger partial charge in [0.2, 0.25) is 5.67 Å². The van der Waals surface area contributed by atoms with Gasteiger partial charge in [0.05, 0.1) is 18.7 Å². The van der Waals surface area contributed by atoms with Gasteiger partial charge in [-0.3, -0.25) is 9.69 Å². The molecule has 0 fully saturated rings. The molecule has 0 aromatic heterocycles. The molecule has 0 saturated carbocycles. The number of anilines is 2. The van der Waals surface area contributed by atoms with E-state index in [9.17, 15) is 4.79 Å². The van der Waals surface area contributed by atoms with E-state index in [-0.39, 0.29) is 5.56 Å². The smallest absolute Gasteiger partial charge is 0.274 e. The van der Waals surface area contributed by atoms with Crippen LogP contribution in [0.5, 0.6) is 5.75 Å². The van der Waals surface area contributed by atoms with E-state index in [0.29, 0.717) is 27.7 Å². The van der Waals surface area contributed by atoms with Crippen molar-refractivity contribution in [2.45, 2.75) is 11.6 Å². The number of allylic oxidation sites excluding steroid dienone is 1. The number of hydrogen-bond donors (Lipinski definition) is 0. The second kappa shape index (κ2) is 9.40. The third-order valence-electron chi connectivity index (χ3n) is 6.30. The number of methoxy groups -OCH3 is 1. The van der Waals surface area contributed by atoms with Gasteiger partial charge in [-0.2, -0.15) is 0 Å². The van der Waals surface area contributed by atoms with Gasteiger partial charge in [0.15, 0.2) is 0 Å². The van der Waals surface area contributed by atoms with E-state index in [1.165, 1.54) is 4.90 Å². The third-order valence-corrected chi connectivity index (χ3v) is 6.54. The lowest BCUT2D eigenvalue weighted by Gasteiger charge is -2.28. The van der Waals surface area contributed by atoms with E-state index in [1.807, 2.05) is 66.7 Å². The van der Waals surface area contributed by atoms with Crippen molar-refractivity contribution in [3.05, 3.63) is 131 Å². The van der Waals surface area contributed by atoms with E-state index in [1.54, 1.807) is 55.7 Å². The Hall–Kier alpha value is -3.89. The van der Waals surface area contributed by atoms with Crippen LogP contribution in [-0.4, -0.2) is 13.0 Å². The van der Waals surface area contributed by atoms with Gasteiger partial charge in [-0.1, -0.05) is 84.4 Å². The summed E-state index contributed by atoms with van der Waals surface area (Å²) in [5, 5.41) is 0.369. The number of rotatable bonds is 6. The normalized spacial score (nSPS) is 18.0. The van der Waals surface area contributed by atoms with Crippen molar-refractivity contribution >= 4 is 35.0 Å². The standard InChI is InChI=1S/C30H23ClFNO2/c1-35-25-16-14-24(15-17-25)33-28-19-13-23(31)20-27(28)30(32,29(33)34)26(22-10-6-3-7-11-22)18-12-21-8-4-2-5-9-21/h2-20,26H,1H3/b18-12+. The first-order chi connectivity index (χ1) is 17.0. The first-order valence-corrected chi connectivity index (χ1v) is 11.7. The molecule has 1 amide bonds. The number of nitrogens with zero attached hydrogens (tertiary/aromatic N) is 1. The number of amides is 1. The molecule has 1 aliphatic rings. The summed E-state index contributed by atoms with van der Waals surface area (Å²) in [6.45, 7) is 0. The number of ether oxygens (including phenoxy) is 1. The van der Waals surface area contributed by atoms with Crippen LogP contribution in [0.2, 0.25) is 5.02 Å². The lowest BCUT2D eigenvalue weighted by atomic mass is 9.79. The van der Waals surface area contributed by atoms with Crippen molar-refractivity contribution < 1.29 is 13.9 Å². The Labute approximate surface area is 209 Å². The number of carbonyl (C=O) groups is 1. The van der Waals surface area contributed by atoms with E-state index in [0.717, 1.165) is 5.56 Å². The molecule has 0 saturated heterocycles. The zero-order chi connectivity index (χ0) is 24.4. The molecule has 0 N–H and O–H groups in total. The molecule has 1 heterocycles. The van der Waals surface area contributed by atoms with Crippen LogP contribution in [0, 0.1) is 0 Å². The van der Waals surface area contributed by atoms with Crippen molar-refractivity contribution in [1.82, 2.24) is 0 Å². The monoisotopic (exact) mass is 483 g/mol. The summed E-state index contributed by atoms with van der Waals surface area (Å²) in [5.41, 5.74) is 0.516. The summed E-state index contributed by atoms with van der Waals surface area (Å²) in [5.74, 6) is -0.889. The maximum Gasteiger partial charge on any atom is 0.274 e. The second-order valence-corrected chi connectivity index (χ2v) is 8.81. The van der Waals surface area contributed by atoms with Crippen LogP contribution in [0.1, 0.15) is 22.6 Å². The Morgan fingerprint density at radius 1 is 0.914 bits per heavy atom. The first kappa shape index (κ1) is 22.9. The fourth-order valence-corrected chi connectivity index (χ4v) is 4.75. The molecular weight excluding hydrogens is 461 g/mol. The summed E-state index contributed by atoms with van der Waals surface area (Å²) in [4.78, 5) is 15.4. The van der Waals surface area contributed by atoms with Crippen molar-refractivity contribution in [2.75, 3.05) is 12.0 Å². The van der Waals surface area contributed by atoms with E-state index >= 15 is 4.39 Å². The molecular formula is C30H23ClFNO2. The third kappa shape index (κ3) is 4.11. The average Bonchev–Trinajstić information content (AvgIpc) is 3.12. The summed E-state index contributed by atoms with van der Waals surface area (Å²) >= 11 is 6.32.